The van der Waals surface area contributed by atoms with Gasteiger partial charge in [0.15, 0.2) is 0 Å². The first-order valence-corrected chi connectivity index (χ1v) is 7.73. The Morgan fingerprint density at radius 1 is 1.44 bits per heavy atom. The summed E-state index contributed by atoms with van der Waals surface area (Å²) in [7, 11) is 0. The molecule has 0 atom stereocenters. The second kappa shape index (κ2) is 4.94. The maximum atomic E-state index is 4.36. The van der Waals surface area contributed by atoms with Crippen LogP contribution in [0.15, 0.2) is 30.6 Å². The zero-order valence-electron chi connectivity index (χ0n) is 10.7. The van der Waals surface area contributed by atoms with E-state index in [-0.39, 0.29) is 0 Å². The number of fused-ring (bicyclic) bond motifs is 1. The van der Waals surface area contributed by atoms with Gasteiger partial charge in [0.2, 0.25) is 0 Å². The Morgan fingerprint density at radius 3 is 3.06 bits per heavy atom. The molecule has 2 aromatic heterocycles. The third kappa shape index (κ3) is 2.15. The molecule has 1 N–H and O–H groups in total. The maximum Gasteiger partial charge on any atom is 0.0706 e. The standard InChI is InChI=1S/C14H19N3S/c1-18-14(6-4-7-14)11-15-9-12-10-16-17-8-3-2-5-13(12)17/h2-3,5,8,10,15H,4,6-7,9,11H2,1H3. The molecule has 0 aliphatic heterocycles. The number of hydrogen-bond acceptors (Lipinski definition) is 3. The molecular weight excluding hydrogens is 242 g/mol. The number of nitrogens with one attached hydrogen (secondary N) is 1. The van der Waals surface area contributed by atoms with Gasteiger partial charge in [-0.05, 0) is 31.2 Å². The zero-order valence-corrected chi connectivity index (χ0v) is 11.5. The Balaban J connectivity index is 1.63. The van der Waals surface area contributed by atoms with Crippen LogP contribution in [0.1, 0.15) is 24.8 Å². The van der Waals surface area contributed by atoms with Gasteiger partial charge in [-0.1, -0.05) is 12.5 Å². The van der Waals surface area contributed by atoms with Crippen molar-refractivity contribution >= 4 is 17.3 Å². The van der Waals surface area contributed by atoms with Gasteiger partial charge in [-0.15, -0.1) is 0 Å². The average Bonchev–Trinajstić information content (AvgIpc) is 2.76. The molecule has 0 radical (unpaired) electrons. The molecular formula is C14H19N3S. The van der Waals surface area contributed by atoms with E-state index in [4.69, 9.17) is 0 Å². The zero-order chi connectivity index (χ0) is 12.4. The molecule has 1 aliphatic carbocycles. The molecule has 1 fully saturated rings. The summed E-state index contributed by atoms with van der Waals surface area (Å²) in [4.78, 5) is 0. The lowest BCUT2D eigenvalue weighted by atomic mass is 9.84. The number of rotatable bonds is 5. The van der Waals surface area contributed by atoms with E-state index in [1.807, 2.05) is 34.7 Å². The molecule has 96 valence electrons. The van der Waals surface area contributed by atoms with Crippen LogP contribution in [-0.4, -0.2) is 27.2 Å². The average molecular weight is 261 g/mol. The maximum absolute atomic E-state index is 4.36. The van der Waals surface area contributed by atoms with E-state index in [0.717, 1.165) is 13.1 Å². The van der Waals surface area contributed by atoms with E-state index in [2.05, 4.69) is 28.8 Å². The van der Waals surface area contributed by atoms with Crippen molar-refractivity contribution in [1.29, 1.82) is 0 Å². The second-order valence-electron chi connectivity index (χ2n) is 5.04. The lowest BCUT2D eigenvalue weighted by Crippen LogP contribution is -2.43. The van der Waals surface area contributed by atoms with E-state index in [1.54, 1.807) is 0 Å². The van der Waals surface area contributed by atoms with E-state index in [9.17, 15) is 0 Å². The fourth-order valence-corrected chi connectivity index (χ4v) is 3.52. The van der Waals surface area contributed by atoms with E-state index >= 15 is 0 Å². The minimum Gasteiger partial charge on any atom is -0.311 e. The van der Waals surface area contributed by atoms with Crippen molar-refractivity contribution in [2.24, 2.45) is 0 Å². The van der Waals surface area contributed by atoms with Gasteiger partial charge in [-0.3, -0.25) is 0 Å². The molecule has 1 aliphatic rings. The molecule has 0 amide bonds. The normalized spacial score (nSPS) is 17.8. The summed E-state index contributed by atoms with van der Waals surface area (Å²) < 4.78 is 2.44. The smallest absolute Gasteiger partial charge is 0.0706 e. The number of thioether (sulfide) groups is 1. The first-order chi connectivity index (χ1) is 8.83. The Morgan fingerprint density at radius 2 is 2.33 bits per heavy atom. The van der Waals surface area contributed by atoms with Crippen LogP contribution in [-0.2, 0) is 6.54 Å². The van der Waals surface area contributed by atoms with Gasteiger partial charge in [-0.25, -0.2) is 4.52 Å². The number of aromatic nitrogens is 2. The molecule has 0 spiro atoms. The fourth-order valence-electron chi connectivity index (χ4n) is 2.57. The predicted octanol–water partition coefficient (Wildman–Crippen LogP) is 2.71. The van der Waals surface area contributed by atoms with Gasteiger partial charge < -0.3 is 5.32 Å². The van der Waals surface area contributed by atoms with Gasteiger partial charge in [0, 0.05) is 29.6 Å². The number of pyridine rings is 1. The lowest BCUT2D eigenvalue weighted by Gasteiger charge is -2.40. The highest BCUT2D eigenvalue weighted by Crippen LogP contribution is 2.42. The van der Waals surface area contributed by atoms with Crippen LogP contribution in [0.2, 0.25) is 0 Å². The number of hydrogen-bond donors (Lipinski definition) is 1. The summed E-state index contributed by atoms with van der Waals surface area (Å²) >= 11 is 2.02. The highest BCUT2D eigenvalue weighted by atomic mass is 32.2. The monoisotopic (exact) mass is 261 g/mol. The van der Waals surface area contributed by atoms with Crippen molar-refractivity contribution in [1.82, 2.24) is 14.9 Å². The van der Waals surface area contributed by atoms with Crippen LogP contribution in [0.5, 0.6) is 0 Å². The van der Waals surface area contributed by atoms with Gasteiger partial charge >= 0.3 is 0 Å². The minimum atomic E-state index is 0.503. The van der Waals surface area contributed by atoms with Crippen LogP contribution in [0, 0.1) is 0 Å². The van der Waals surface area contributed by atoms with E-state index < -0.39 is 0 Å². The third-order valence-electron chi connectivity index (χ3n) is 3.97. The topological polar surface area (TPSA) is 29.3 Å². The van der Waals surface area contributed by atoms with Crippen molar-refractivity contribution in [2.75, 3.05) is 12.8 Å². The van der Waals surface area contributed by atoms with Crippen molar-refractivity contribution < 1.29 is 0 Å². The largest absolute Gasteiger partial charge is 0.311 e. The highest BCUT2D eigenvalue weighted by Gasteiger charge is 2.35. The Labute approximate surface area is 112 Å². The van der Waals surface area contributed by atoms with E-state index in [0.29, 0.717) is 4.75 Å². The summed E-state index contributed by atoms with van der Waals surface area (Å²) in [5, 5.41) is 7.96. The summed E-state index contributed by atoms with van der Waals surface area (Å²) in [6.45, 7) is 2.02. The van der Waals surface area contributed by atoms with Crippen molar-refractivity contribution in [3.63, 3.8) is 0 Å². The predicted molar refractivity (Wildman–Crippen MR) is 77.0 cm³/mol. The summed E-state index contributed by atoms with van der Waals surface area (Å²) in [5.74, 6) is 0. The highest BCUT2D eigenvalue weighted by molar-refractivity contribution is 8.00. The van der Waals surface area contributed by atoms with Gasteiger partial charge in [0.1, 0.15) is 0 Å². The minimum absolute atomic E-state index is 0.503. The van der Waals surface area contributed by atoms with E-state index in [1.165, 1.54) is 30.3 Å². The Hall–Kier alpha value is -1.00. The molecule has 1 saturated carbocycles. The van der Waals surface area contributed by atoms with Crippen molar-refractivity contribution in [2.45, 2.75) is 30.6 Å². The molecule has 0 bridgehead atoms. The van der Waals surface area contributed by atoms with Crippen LogP contribution < -0.4 is 5.32 Å². The molecule has 18 heavy (non-hydrogen) atoms. The molecule has 2 aromatic rings. The van der Waals surface area contributed by atoms with Crippen LogP contribution in [0.4, 0.5) is 0 Å². The van der Waals surface area contributed by atoms with Gasteiger partial charge in [0.05, 0.1) is 11.7 Å². The lowest BCUT2D eigenvalue weighted by molar-refractivity contribution is 0.345. The fraction of sp³-hybridized carbons (Fsp3) is 0.500. The SMILES string of the molecule is CSC1(CNCc2cnn3ccccc23)CCC1. The summed E-state index contributed by atoms with van der Waals surface area (Å²) in [6.07, 6.45) is 10.3. The van der Waals surface area contributed by atoms with Crippen LogP contribution in [0.3, 0.4) is 0 Å². The summed E-state index contributed by atoms with van der Waals surface area (Å²) in [6, 6.07) is 6.20. The molecule has 3 nitrogen and oxygen atoms in total. The van der Waals surface area contributed by atoms with Gasteiger partial charge in [-0.2, -0.15) is 16.9 Å². The van der Waals surface area contributed by atoms with Crippen molar-refractivity contribution in [3.8, 4) is 0 Å². The van der Waals surface area contributed by atoms with Crippen molar-refractivity contribution in [3.05, 3.63) is 36.2 Å². The van der Waals surface area contributed by atoms with Crippen LogP contribution in [0.25, 0.3) is 5.52 Å². The Bertz CT molecular complexity index is 525. The molecule has 0 aromatic carbocycles. The molecule has 4 heteroatoms. The van der Waals surface area contributed by atoms with Crippen LogP contribution >= 0.6 is 11.8 Å². The molecule has 0 unspecified atom stereocenters. The second-order valence-corrected chi connectivity index (χ2v) is 6.32. The first-order valence-electron chi connectivity index (χ1n) is 6.50. The summed E-state index contributed by atoms with van der Waals surface area (Å²) in [5.41, 5.74) is 2.49. The third-order valence-corrected chi connectivity index (χ3v) is 5.39. The quantitative estimate of drug-likeness (QED) is 0.897. The molecule has 0 saturated heterocycles. The molecule has 2 heterocycles. The number of nitrogens with zero attached hydrogens (tertiary/aromatic N) is 2. The van der Waals surface area contributed by atoms with Gasteiger partial charge in [0.25, 0.3) is 0 Å². The Kier molecular flexibility index (Phi) is 3.31. The molecule has 3 rings (SSSR count). The first kappa shape index (κ1) is 12.1.